The summed E-state index contributed by atoms with van der Waals surface area (Å²) in [6.07, 6.45) is 5.51. The Morgan fingerprint density at radius 1 is 1.22 bits per heavy atom. The van der Waals surface area contributed by atoms with E-state index < -0.39 is 17.4 Å². The average Bonchev–Trinajstić information content (AvgIpc) is 3.56. The predicted octanol–water partition coefficient (Wildman–Crippen LogP) is 3.38. The van der Waals surface area contributed by atoms with Crippen LogP contribution in [-0.2, 0) is 16.6 Å². The van der Waals surface area contributed by atoms with E-state index in [-0.39, 0.29) is 18.1 Å². The normalized spacial score (nSPS) is 17.4. The second kappa shape index (κ2) is 9.26. The zero-order chi connectivity index (χ0) is 25.5. The minimum atomic E-state index is -0.742. The quantitative estimate of drug-likeness (QED) is 0.314. The van der Waals surface area contributed by atoms with Gasteiger partial charge in [-0.05, 0) is 62.9 Å². The maximum absolute atomic E-state index is 12.8. The van der Waals surface area contributed by atoms with Crippen molar-refractivity contribution in [2.24, 2.45) is 5.73 Å². The first-order valence-corrected chi connectivity index (χ1v) is 12.6. The number of amides is 2. The number of benzene rings is 2. The van der Waals surface area contributed by atoms with Crippen molar-refractivity contribution in [3.05, 3.63) is 59.3 Å². The van der Waals surface area contributed by atoms with E-state index in [1.807, 2.05) is 36.5 Å². The molecule has 2 aromatic carbocycles. The van der Waals surface area contributed by atoms with Crippen LogP contribution in [0.4, 0.5) is 5.69 Å². The van der Waals surface area contributed by atoms with Gasteiger partial charge in [0, 0.05) is 46.0 Å². The molecule has 2 amide bonds. The SMILES string of the molecule is CC(C)(Cc1c[nH]c2cccc(C(N)=O)c12)NCC(O)COc1cccc2c1C1(CCCC1)C(=O)N2. The molecule has 1 spiro atoms. The van der Waals surface area contributed by atoms with E-state index in [1.54, 1.807) is 6.07 Å². The largest absolute Gasteiger partial charge is 0.490 e. The van der Waals surface area contributed by atoms with Crippen molar-refractivity contribution in [2.75, 3.05) is 18.5 Å². The molecule has 2 aliphatic rings. The topological polar surface area (TPSA) is 129 Å². The van der Waals surface area contributed by atoms with Crippen molar-refractivity contribution in [3.8, 4) is 5.75 Å². The molecule has 1 aromatic heterocycles. The summed E-state index contributed by atoms with van der Waals surface area (Å²) in [6.45, 7) is 4.55. The molecule has 6 N–H and O–H groups in total. The highest BCUT2D eigenvalue weighted by atomic mass is 16.5. The second-order valence-electron chi connectivity index (χ2n) is 10.7. The van der Waals surface area contributed by atoms with Crippen LogP contribution in [-0.4, -0.2) is 46.7 Å². The number of aromatic nitrogens is 1. The number of rotatable bonds is 9. The number of H-pyrrole nitrogens is 1. The Morgan fingerprint density at radius 3 is 2.72 bits per heavy atom. The van der Waals surface area contributed by atoms with E-state index in [2.05, 4.69) is 29.5 Å². The van der Waals surface area contributed by atoms with Crippen LogP contribution in [0.25, 0.3) is 10.9 Å². The van der Waals surface area contributed by atoms with Gasteiger partial charge < -0.3 is 31.2 Å². The Hall–Kier alpha value is -3.36. The summed E-state index contributed by atoms with van der Waals surface area (Å²) in [5.41, 5.74) is 8.85. The van der Waals surface area contributed by atoms with Crippen LogP contribution in [0, 0.1) is 0 Å². The molecule has 1 aliphatic carbocycles. The molecular formula is C28H34N4O4. The van der Waals surface area contributed by atoms with E-state index in [4.69, 9.17) is 10.5 Å². The molecule has 8 heteroatoms. The van der Waals surface area contributed by atoms with Gasteiger partial charge in [-0.1, -0.05) is 25.0 Å². The Kier molecular flexibility index (Phi) is 6.26. The average molecular weight is 491 g/mol. The monoisotopic (exact) mass is 490 g/mol. The fraction of sp³-hybridized carbons (Fsp3) is 0.429. The number of aromatic amines is 1. The lowest BCUT2D eigenvalue weighted by atomic mass is 9.79. The third-order valence-corrected chi connectivity index (χ3v) is 7.58. The maximum Gasteiger partial charge on any atom is 0.249 e. The lowest BCUT2D eigenvalue weighted by Crippen LogP contribution is -2.46. The van der Waals surface area contributed by atoms with Crippen molar-refractivity contribution in [1.82, 2.24) is 10.3 Å². The summed E-state index contributed by atoms with van der Waals surface area (Å²) in [6, 6.07) is 11.1. The van der Waals surface area contributed by atoms with Crippen LogP contribution in [0.15, 0.2) is 42.6 Å². The van der Waals surface area contributed by atoms with Crippen LogP contribution in [0.5, 0.6) is 5.75 Å². The highest BCUT2D eigenvalue weighted by Crippen LogP contribution is 2.52. The predicted molar refractivity (Wildman–Crippen MR) is 139 cm³/mol. The standard InChI is InChI=1S/C28H34N4O4/c1-27(2,13-17-14-30-20-8-5-7-19(23(17)20)25(29)34)31-15-18(33)16-36-22-10-6-9-21-24(22)28(26(35)32-21)11-3-4-12-28/h5-10,14,18,30-31,33H,3-4,11-13,15-16H2,1-2H3,(H2,29,34)(H,32,35). The molecule has 1 saturated carbocycles. The molecule has 0 bridgehead atoms. The Bertz CT molecular complexity index is 1310. The van der Waals surface area contributed by atoms with Crippen molar-refractivity contribution in [3.63, 3.8) is 0 Å². The molecular weight excluding hydrogens is 456 g/mol. The number of hydrogen-bond donors (Lipinski definition) is 5. The molecule has 1 aliphatic heterocycles. The molecule has 1 atom stereocenters. The first-order chi connectivity index (χ1) is 17.2. The zero-order valence-electron chi connectivity index (χ0n) is 20.8. The van der Waals surface area contributed by atoms with E-state index in [1.165, 1.54) is 0 Å². The van der Waals surface area contributed by atoms with E-state index in [0.717, 1.165) is 53.4 Å². The lowest BCUT2D eigenvalue weighted by molar-refractivity contribution is -0.120. The third kappa shape index (κ3) is 4.35. The van der Waals surface area contributed by atoms with Crippen molar-refractivity contribution in [2.45, 2.75) is 63.0 Å². The molecule has 3 aromatic rings. The molecule has 2 heterocycles. The Labute approximate surface area is 210 Å². The van der Waals surface area contributed by atoms with Crippen LogP contribution in [0.2, 0.25) is 0 Å². The fourth-order valence-corrected chi connectivity index (χ4v) is 5.84. The van der Waals surface area contributed by atoms with Gasteiger partial charge in [0.1, 0.15) is 18.5 Å². The van der Waals surface area contributed by atoms with Crippen LogP contribution in [0.1, 0.15) is 61.0 Å². The molecule has 0 saturated heterocycles. The summed E-state index contributed by atoms with van der Waals surface area (Å²) in [5, 5.41) is 18.0. The number of hydrogen-bond acceptors (Lipinski definition) is 5. The van der Waals surface area contributed by atoms with Gasteiger partial charge in [0.2, 0.25) is 11.8 Å². The van der Waals surface area contributed by atoms with Gasteiger partial charge in [0.15, 0.2) is 0 Å². The van der Waals surface area contributed by atoms with Crippen molar-refractivity contribution >= 4 is 28.4 Å². The van der Waals surface area contributed by atoms with Gasteiger partial charge in [0.05, 0.1) is 5.41 Å². The van der Waals surface area contributed by atoms with Gasteiger partial charge in [0.25, 0.3) is 0 Å². The number of β-amino-alcohol motifs (C(OH)–C–C–N with tert-alkyl or cyclic N) is 1. The highest BCUT2D eigenvalue weighted by Gasteiger charge is 2.50. The van der Waals surface area contributed by atoms with Crippen LogP contribution < -0.4 is 21.1 Å². The first-order valence-electron chi connectivity index (χ1n) is 12.6. The number of aliphatic hydroxyl groups excluding tert-OH is 1. The molecule has 36 heavy (non-hydrogen) atoms. The zero-order valence-corrected chi connectivity index (χ0v) is 20.8. The second-order valence-corrected chi connectivity index (χ2v) is 10.7. The number of primary amides is 1. The molecule has 0 radical (unpaired) electrons. The molecule has 1 fully saturated rings. The molecule has 190 valence electrons. The first kappa shape index (κ1) is 24.3. The van der Waals surface area contributed by atoms with Gasteiger partial charge in [-0.2, -0.15) is 0 Å². The number of anilines is 1. The van der Waals surface area contributed by atoms with Gasteiger partial charge in [-0.3, -0.25) is 9.59 Å². The van der Waals surface area contributed by atoms with E-state index >= 15 is 0 Å². The highest BCUT2D eigenvalue weighted by molar-refractivity contribution is 6.08. The smallest absolute Gasteiger partial charge is 0.249 e. The number of aliphatic hydroxyl groups is 1. The van der Waals surface area contributed by atoms with Gasteiger partial charge in [-0.25, -0.2) is 0 Å². The number of carbonyl (C=O) groups is 2. The summed E-state index contributed by atoms with van der Waals surface area (Å²) < 4.78 is 6.08. The van der Waals surface area contributed by atoms with Gasteiger partial charge in [-0.15, -0.1) is 0 Å². The van der Waals surface area contributed by atoms with Crippen molar-refractivity contribution in [1.29, 1.82) is 0 Å². The maximum atomic E-state index is 12.8. The Balaban J connectivity index is 1.22. The number of nitrogens with two attached hydrogens (primary N) is 1. The van der Waals surface area contributed by atoms with Gasteiger partial charge >= 0.3 is 0 Å². The minimum absolute atomic E-state index is 0.0618. The van der Waals surface area contributed by atoms with Crippen molar-refractivity contribution < 1.29 is 19.4 Å². The van der Waals surface area contributed by atoms with E-state index in [0.29, 0.717) is 24.3 Å². The van der Waals surface area contributed by atoms with Crippen LogP contribution in [0.3, 0.4) is 0 Å². The number of fused-ring (bicyclic) bond motifs is 3. The lowest BCUT2D eigenvalue weighted by Gasteiger charge is -2.28. The molecule has 1 unspecified atom stereocenters. The fourth-order valence-electron chi connectivity index (χ4n) is 5.84. The summed E-state index contributed by atoms with van der Waals surface area (Å²) in [5.74, 6) is 0.277. The minimum Gasteiger partial charge on any atom is -0.490 e. The number of ether oxygens (including phenoxy) is 1. The Morgan fingerprint density at radius 2 is 1.97 bits per heavy atom. The number of carbonyl (C=O) groups excluding carboxylic acids is 2. The van der Waals surface area contributed by atoms with Crippen LogP contribution >= 0.6 is 0 Å². The molecule has 8 nitrogen and oxygen atoms in total. The summed E-state index contributed by atoms with van der Waals surface area (Å²) in [4.78, 5) is 27.9. The van der Waals surface area contributed by atoms with E-state index in [9.17, 15) is 14.7 Å². The summed E-state index contributed by atoms with van der Waals surface area (Å²) >= 11 is 0. The third-order valence-electron chi connectivity index (χ3n) is 7.58. The summed E-state index contributed by atoms with van der Waals surface area (Å²) in [7, 11) is 0. The molecule has 5 rings (SSSR count). The number of nitrogens with one attached hydrogen (secondary N) is 3.